The molecular weight excluding hydrogens is 355 g/mol. The van der Waals surface area contributed by atoms with Crippen LogP contribution in [0.2, 0.25) is 10.0 Å². The smallest absolute Gasteiger partial charge is 0.277 e. The first-order valence-electron chi connectivity index (χ1n) is 6.80. The Labute approximate surface area is 148 Å². The number of phenols is 2. The number of halogens is 2. The van der Waals surface area contributed by atoms with Gasteiger partial charge in [-0.3, -0.25) is 4.79 Å². The molecule has 0 saturated heterocycles. The first-order chi connectivity index (χ1) is 11.4. The predicted octanol–water partition coefficient (Wildman–Crippen LogP) is 3.32. The van der Waals surface area contributed by atoms with Gasteiger partial charge in [0.15, 0.2) is 6.61 Å². The van der Waals surface area contributed by atoms with Crippen molar-refractivity contribution < 1.29 is 19.7 Å². The van der Waals surface area contributed by atoms with E-state index in [1.807, 2.05) is 0 Å². The number of hydrazone groups is 1. The Bertz CT molecular complexity index is 794. The number of rotatable bonds is 5. The minimum Gasteiger partial charge on any atom is -0.508 e. The summed E-state index contributed by atoms with van der Waals surface area (Å²) < 4.78 is 5.28. The monoisotopic (exact) mass is 368 g/mol. The Kier molecular flexibility index (Phi) is 5.89. The summed E-state index contributed by atoms with van der Waals surface area (Å²) in [4.78, 5) is 11.8. The zero-order valence-electron chi connectivity index (χ0n) is 12.6. The summed E-state index contributed by atoms with van der Waals surface area (Å²) >= 11 is 11.7. The molecule has 24 heavy (non-hydrogen) atoms. The number of benzene rings is 2. The van der Waals surface area contributed by atoms with Crippen LogP contribution in [-0.2, 0) is 4.79 Å². The molecule has 0 radical (unpaired) electrons. The Balaban J connectivity index is 1.94. The van der Waals surface area contributed by atoms with Gasteiger partial charge >= 0.3 is 0 Å². The molecule has 1 amide bonds. The normalized spacial score (nSPS) is 11.2. The van der Waals surface area contributed by atoms with E-state index in [2.05, 4.69) is 10.5 Å². The van der Waals surface area contributed by atoms with Gasteiger partial charge in [0.05, 0.1) is 10.7 Å². The Morgan fingerprint density at radius 3 is 2.62 bits per heavy atom. The van der Waals surface area contributed by atoms with Gasteiger partial charge in [0.2, 0.25) is 0 Å². The molecule has 0 aromatic heterocycles. The van der Waals surface area contributed by atoms with Crippen molar-refractivity contribution in [3.05, 3.63) is 52.0 Å². The lowest BCUT2D eigenvalue weighted by Gasteiger charge is -2.08. The Hall–Kier alpha value is -2.44. The third-order valence-corrected chi connectivity index (χ3v) is 3.50. The summed E-state index contributed by atoms with van der Waals surface area (Å²) in [6.45, 7) is 1.31. The summed E-state index contributed by atoms with van der Waals surface area (Å²) in [5.41, 5.74) is 3.06. The van der Waals surface area contributed by atoms with Crippen LogP contribution in [0.25, 0.3) is 0 Å². The highest BCUT2D eigenvalue weighted by molar-refractivity contribution is 6.35. The van der Waals surface area contributed by atoms with Crippen LogP contribution < -0.4 is 10.2 Å². The summed E-state index contributed by atoms with van der Waals surface area (Å²) in [5.74, 6) is -0.386. The highest BCUT2D eigenvalue weighted by atomic mass is 35.5. The number of carbonyl (C=O) groups is 1. The largest absolute Gasteiger partial charge is 0.508 e. The minimum absolute atomic E-state index is 0.0682. The lowest BCUT2D eigenvalue weighted by Crippen LogP contribution is -2.25. The third kappa shape index (κ3) is 4.78. The molecule has 0 aliphatic rings. The van der Waals surface area contributed by atoms with Crippen molar-refractivity contribution in [2.75, 3.05) is 6.61 Å². The average Bonchev–Trinajstić information content (AvgIpc) is 2.51. The van der Waals surface area contributed by atoms with Gasteiger partial charge in [0, 0.05) is 16.7 Å². The molecule has 0 fully saturated rings. The summed E-state index contributed by atoms with van der Waals surface area (Å²) in [6, 6.07) is 8.73. The fourth-order valence-electron chi connectivity index (χ4n) is 1.80. The molecule has 2 aromatic rings. The molecule has 6 nitrogen and oxygen atoms in total. The van der Waals surface area contributed by atoms with Crippen LogP contribution in [0.15, 0.2) is 41.5 Å². The molecule has 3 N–H and O–H groups in total. The summed E-state index contributed by atoms with van der Waals surface area (Å²) in [6.07, 6.45) is 0. The molecule has 0 unspecified atom stereocenters. The SMILES string of the molecule is C/C(=N/NC(=O)COc1ccc(Cl)cc1Cl)c1ccc(O)cc1O. The van der Waals surface area contributed by atoms with Gasteiger partial charge in [-0.25, -0.2) is 5.43 Å². The van der Waals surface area contributed by atoms with E-state index in [1.165, 1.54) is 24.3 Å². The van der Waals surface area contributed by atoms with Crippen molar-refractivity contribution in [1.29, 1.82) is 0 Å². The molecule has 0 aliphatic carbocycles. The van der Waals surface area contributed by atoms with Crippen LogP contribution >= 0.6 is 23.2 Å². The van der Waals surface area contributed by atoms with Crippen LogP contribution in [0, 0.1) is 0 Å². The molecule has 0 heterocycles. The first-order valence-corrected chi connectivity index (χ1v) is 7.55. The van der Waals surface area contributed by atoms with Crippen LogP contribution in [0.3, 0.4) is 0 Å². The second-order valence-electron chi connectivity index (χ2n) is 4.80. The van der Waals surface area contributed by atoms with Crippen molar-refractivity contribution in [1.82, 2.24) is 5.43 Å². The molecule has 126 valence electrons. The van der Waals surface area contributed by atoms with Crippen LogP contribution in [0.1, 0.15) is 12.5 Å². The van der Waals surface area contributed by atoms with Gasteiger partial charge in [0.1, 0.15) is 17.2 Å². The van der Waals surface area contributed by atoms with E-state index in [9.17, 15) is 15.0 Å². The van der Waals surface area contributed by atoms with E-state index in [0.29, 0.717) is 27.1 Å². The summed E-state index contributed by atoms with van der Waals surface area (Å²) in [5, 5.41) is 23.6. The molecule has 0 aliphatic heterocycles. The molecular formula is C16H14Cl2N2O4. The second kappa shape index (κ2) is 7.90. The average molecular weight is 369 g/mol. The van der Waals surface area contributed by atoms with E-state index < -0.39 is 5.91 Å². The number of ether oxygens (including phenoxy) is 1. The van der Waals surface area contributed by atoms with E-state index in [-0.39, 0.29) is 18.1 Å². The number of phenolic OH excluding ortho intramolecular Hbond substituents is 2. The van der Waals surface area contributed by atoms with E-state index in [0.717, 1.165) is 0 Å². The number of nitrogens with one attached hydrogen (secondary N) is 1. The van der Waals surface area contributed by atoms with Crippen LogP contribution in [0.5, 0.6) is 17.2 Å². The Morgan fingerprint density at radius 2 is 1.96 bits per heavy atom. The molecule has 2 rings (SSSR count). The number of carbonyl (C=O) groups excluding carboxylic acids is 1. The van der Waals surface area contributed by atoms with Crippen LogP contribution in [0.4, 0.5) is 0 Å². The molecule has 0 spiro atoms. The predicted molar refractivity (Wildman–Crippen MR) is 92.1 cm³/mol. The van der Waals surface area contributed by atoms with E-state index in [1.54, 1.807) is 19.1 Å². The summed E-state index contributed by atoms with van der Waals surface area (Å²) in [7, 11) is 0. The van der Waals surface area contributed by atoms with Crippen molar-refractivity contribution in [3.8, 4) is 17.2 Å². The fourth-order valence-corrected chi connectivity index (χ4v) is 2.26. The molecule has 0 saturated carbocycles. The third-order valence-electron chi connectivity index (χ3n) is 2.97. The van der Waals surface area contributed by atoms with Crippen molar-refractivity contribution in [2.45, 2.75) is 6.92 Å². The maximum atomic E-state index is 11.8. The number of nitrogens with zero attached hydrogens (tertiary/aromatic N) is 1. The van der Waals surface area contributed by atoms with Gasteiger partial charge in [-0.1, -0.05) is 23.2 Å². The first kappa shape index (κ1) is 17.9. The number of hydrogen-bond acceptors (Lipinski definition) is 5. The zero-order valence-corrected chi connectivity index (χ0v) is 14.1. The molecule has 2 aromatic carbocycles. The van der Waals surface area contributed by atoms with Gasteiger partial charge in [-0.05, 0) is 37.3 Å². The van der Waals surface area contributed by atoms with Crippen molar-refractivity contribution >= 4 is 34.8 Å². The highest BCUT2D eigenvalue weighted by Gasteiger charge is 2.08. The van der Waals surface area contributed by atoms with Gasteiger partial charge in [-0.15, -0.1) is 0 Å². The Morgan fingerprint density at radius 1 is 1.21 bits per heavy atom. The van der Waals surface area contributed by atoms with E-state index >= 15 is 0 Å². The molecule has 0 bridgehead atoms. The lowest BCUT2D eigenvalue weighted by molar-refractivity contribution is -0.123. The lowest BCUT2D eigenvalue weighted by atomic mass is 10.1. The fraction of sp³-hybridized carbons (Fsp3) is 0.125. The van der Waals surface area contributed by atoms with Gasteiger partial charge in [0.25, 0.3) is 5.91 Å². The second-order valence-corrected chi connectivity index (χ2v) is 5.64. The maximum Gasteiger partial charge on any atom is 0.277 e. The molecule has 8 heteroatoms. The molecule has 0 atom stereocenters. The maximum absolute atomic E-state index is 11.8. The zero-order chi connectivity index (χ0) is 17.7. The minimum atomic E-state index is -0.501. The topological polar surface area (TPSA) is 91.2 Å². The van der Waals surface area contributed by atoms with Crippen LogP contribution in [-0.4, -0.2) is 28.4 Å². The highest BCUT2D eigenvalue weighted by Crippen LogP contribution is 2.27. The van der Waals surface area contributed by atoms with E-state index in [4.69, 9.17) is 27.9 Å². The van der Waals surface area contributed by atoms with Gasteiger partial charge < -0.3 is 14.9 Å². The quantitative estimate of drug-likeness (QED) is 0.557. The van der Waals surface area contributed by atoms with Crippen molar-refractivity contribution in [3.63, 3.8) is 0 Å². The van der Waals surface area contributed by atoms with Crippen molar-refractivity contribution in [2.24, 2.45) is 5.10 Å². The number of aromatic hydroxyl groups is 2. The number of hydrogen-bond donors (Lipinski definition) is 3. The van der Waals surface area contributed by atoms with Gasteiger partial charge in [-0.2, -0.15) is 5.10 Å². The standard InChI is InChI=1S/C16H14Cl2N2O4/c1-9(12-4-3-11(21)7-14(12)22)19-20-16(23)8-24-15-5-2-10(17)6-13(15)18/h2-7,21-22H,8H2,1H3,(H,20,23)/b19-9-. The number of amides is 1.